The van der Waals surface area contributed by atoms with Gasteiger partial charge in [0.1, 0.15) is 12.6 Å². The van der Waals surface area contributed by atoms with Gasteiger partial charge in [-0.05, 0) is 5.56 Å². The van der Waals surface area contributed by atoms with Gasteiger partial charge in [-0.15, -0.1) is 0 Å². The zero-order chi connectivity index (χ0) is 20.5. The van der Waals surface area contributed by atoms with Crippen molar-refractivity contribution in [1.82, 2.24) is 10.2 Å². The summed E-state index contributed by atoms with van der Waals surface area (Å²) in [6.07, 6.45) is -1.25. The average molecular weight is 393 g/mol. The molecule has 2 atom stereocenters. The Balaban J connectivity index is 1.98. The van der Waals surface area contributed by atoms with Gasteiger partial charge < -0.3 is 25.6 Å². The minimum Gasteiger partial charge on any atom is -0.481 e. The number of rotatable bonds is 9. The van der Waals surface area contributed by atoms with Crippen LogP contribution in [0.25, 0.3) is 0 Å². The molecule has 4 N–H and O–H groups in total. The fourth-order valence-corrected chi connectivity index (χ4v) is 2.78. The van der Waals surface area contributed by atoms with Gasteiger partial charge in [0.15, 0.2) is 0 Å². The van der Waals surface area contributed by atoms with Gasteiger partial charge in [0.05, 0.1) is 32.2 Å². The quantitative estimate of drug-likeness (QED) is 0.529. The molecule has 0 aliphatic carbocycles. The first kappa shape index (κ1) is 21.2. The molecular weight excluding hydrogens is 370 g/mol. The van der Waals surface area contributed by atoms with E-state index in [-0.39, 0.29) is 39.1 Å². The molecule has 0 saturated carbocycles. The van der Waals surface area contributed by atoms with E-state index in [0.29, 0.717) is 0 Å². The molecule has 0 unspecified atom stereocenters. The zero-order valence-corrected chi connectivity index (χ0v) is 15.2. The molecule has 0 aromatic heterocycles. The highest BCUT2D eigenvalue weighted by molar-refractivity contribution is 5.89. The number of nitrogens with zero attached hydrogens (tertiary/aromatic N) is 1. The van der Waals surface area contributed by atoms with Crippen LogP contribution in [0.4, 0.5) is 4.79 Å². The van der Waals surface area contributed by atoms with Gasteiger partial charge in [-0.25, -0.2) is 4.79 Å². The zero-order valence-electron chi connectivity index (χ0n) is 15.2. The van der Waals surface area contributed by atoms with Gasteiger partial charge in [0, 0.05) is 6.42 Å². The van der Waals surface area contributed by atoms with Crippen molar-refractivity contribution in [3.63, 3.8) is 0 Å². The second-order valence-corrected chi connectivity index (χ2v) is 6.26. The second kappa shape index (κ2) is 10.3. The molecular formula is C18H23N3O7. The van der Waals surface area contributed by atoms with Gasteiger partial charge in [-0.2, -0.15) is 0 Å². The number of ether oxygens (including phenoxy) is 2. The number of hydrogen-bond donors (Lipinski definition) is 3. The maximum absolute atomic E-state index is 12.5. The van der Waals surface area contributed by atoms with Gasteiger partial charge in [-0.3, -0.25) is 19.3 Å². The number of hydrogen-bond acceptors (Lipinski definition) is 6. The summed E-state index contributed by atoms with van der Waals surface area (Å²) in [5.41, 5.74) is 5.82. The van der Waals surface area contributed by atoms with Crippen LogP contribution in [0.5, 0.6) is 0 Å². The molecule has 1 aliphatic heterocycles. The molecule has 1 aromatic rings. The van der Waals surface area contributed by atoms with E-state index < -0.39 is 36.0 Å². The van der Waals surface area contributed by atoms with E-state index in [1.165, 1.54) is 4.90 Å². The van der Waals surface area contributed by atoms with Crippen molar-refractivity contribution in [3.8, 4) is 0 Å². The van der Waals surface area contributed by atoms with Crippen LogP contribution in [0.3, 0.4) is 0 Å². The Bertz CT molecular complexity index is 710. The molecule has 2 rings (SSSR count). The molecule has 28 heavy (non-hydrogen) atoms. The van der Waals surface area contributed by atoms with Crippen molar-refractivity contribution >= 4 is 23.9 Å². The molecule has 10 nitrogen and oxygen atoms in total. The molecule has 0 spiro atoms. The van der Waals surface area contributed by atoms with Crippen LogP contribution in [0.2, 0.25) is 0 Å². The summed E-state index contributed by atoms with van der Waals surface area (Å²) in [6, 6.07) is 8.15. The number of carboxylic acids is 1. The number of likely N-dealkylation sites (tertiary alicyclic amines) is 1. The van der Waals surface area contributed by atoms with Crippen LogP contribution in [0, 0.1) is 0 Å². The van der Waals surface area contributed by atoms with Crippen LogP contribution in [0.1, 0.15) is 18.4 Å². The van der Waals surface area contributed by atoms with Gasteiger partial charge in [0.2, 0.25) is 11.8 Å². The number of carboxylic acid groups (broad SMARTS) is 1. The first-order valence-corrected chi connectivity index (χ1v) is 8.73. The monoisotopic (exact) mass is 393 g/mol. The number of primary amides is 1. The lowest BCUT2D eigenvalue weighted by Crippen LogP contribution is -2.47. The Hall–Kier alpha value is -3.14. The maximum atomic E-state index is 12.5. The molecule has 1 fully saturated rings. The third-order valence-electron chi connectivity index (χ3n) is 4.11. The molecule has 0 radical (unpaired) electrons. The van der Waals surface area contributed by atoms with Crippen molar-refractivity contribution in [3.05, 3.63) is 35.9 Å². The Morgan fingerprint density at radius 2 is 1.93 bits per heavy atom. The Labute approximate surface area is 161 Å². The lowest BCUT2D eigenvalue weighted by Gasteiger charge is -2.22. The Morgan fingerprint density at radius 1 is 1.21 bits per heavy atom. The maximum Gasteiger partial charge on any atom is 0.410 e. The molecule has 152 valence electrons. The van der Waals surface area contributed by atoms with E-state index in [4.69, 9.17) is 20.3 Å². The fraction of sp³-hybridized carbons (Fsp3) is 0.444. The minimum atomic E-state index is -1.01. The third-order valence-corrected chi connectivity index (χ3v) is 4.11. The van der Waals surface area contributed by atoms with Crippen LogP contribution in [0.15, 0.2) is 30.3 Å². The second-order valence-electron chi connectivity index (χ2n) is 6.26. The summed E-state index contributed by atoms with van der Waals surface area (Å²) in [7, 11) is 0. The van der Waals surface area contributed by atoms with E-state index >= 15 is 0 Å². The number of carbonyl (C=O) groups is 4. The van der Waals surface area contributed by atoms with Crippen molar-refractivity contribution in [1.29, 1.82) is 0 Å². The van der Waals surface area contributed by atoms with E-state index in [2.05, 4.69) is 5.32 Å². The van der Waals surface area contributed by atoms with Crippen molar-refractivity contribution in [2.45, 2.75) is 31.6 Å². The fourth-order valence-electron chi connectivity index (χ4n) is 2.78. The van der Waals surface area contributed by atoms with Crippen LogP contribution >= 0.6 is 0 Å². The summed E-state index contributed by atoms with van der Waals surface area (Å²) in [5.74, 6) is -2.27. The topological polar surface area (TPSA) is 148 Å². The molecule has 1 saturated heterocycles. The van der Waals surface area contributed by atoms with Crippen LogP contribution in [-0.2, 0) is 30.5 Å². The van der Waals surface area contributed by atoms with E-state index in [9.17, 15) is 19.2 Å². The Kier molecular flexibility index (Phi) is 7.76. The van der Waals surface area contributed by atoms with E-state index in [0.717, 1.165) is 5.56 Å². The number of amides is 3. The summed E-state index contributed by atoms with van der Waals surface area (Å²) in [6.45, 7) is -0.284. The molecule has 0 bridgehead atoms. The summed E-state index contributed by atoms with van der Waals surface area (Å²) < 4.78 is 10.7. The van der Waals surface area contributed by atoms with Crippen molar-refractivity contribution in [2.75, 3.05) is 19.7 Å². The highest BCUT2D eigenvalue weighted by Crippen LogP contribution is 2.22. The van der Waals surface area contributed by atoms with Gasteiger partial charge in [-0.1, -0.05) is 30.3 Å². The normalized spacial score (nSPS) is 18.5. The number of benzene rings is 1. The predicted octanol–water partition coefficient (Wildman–Crippen LogP) is -0.141. The lowest BCUT2D eigenvalue weighted by molar-refractivity contribution is -0.138. The molecule has 3 amide bonds. The summed E-state index contributed by atoms with van der Waals surface area (Å²) >= 11 is 0. The van der Waals surface area contributed by atoms with Crippen molar-refractivity contribution in [2.24, 2.45) is 5.73 Å². The van der Waals surface area contributed by atoms with E-state index in [1.807, 2.05) is 18.2 Å². The standard InChI is InChI=1S/C18H23N3O7/c19-15(22)9-20-17(25)14-8-13(27-7-6-16(23)24)10-21(14)18(26)28-11-12-4-2-1-3-5-12/h1-5,13-14H,6-11H2,(H2,19,22)(H,20,25)(H,23,24)/t13-,14+/m1/s1. The smallest absolute Gasteiger partial charge is 0.410 e. The number of nitrogens with one attached hydrogen (secondary N) is 1. The summed E-state index contributed by atoms with van der Waals surface area (Å²) in [5, 5.41) is 11.1. The minimum absolute atomic E-state index is 0.0380. The van der Waals surface area contributed by atoms with Gasteiger partial charge >= 0.3 is 12.1 Å². The molecule has 1 aliphatic rings. The Morgan fingerprint density at radius 3 is 2.57 bits per heavy atom. The molecule has 1 heterocycles. The number of aliphatic carboxylic acids is 1. The first-order chi connectivity index (χ1) is 13.4. The number of carbonyl (C=O) groups excluding carboxylic acids is 3. The third kappa shape index (κ3) is 6.54. The summed E-state index contributed by atoms with van der Waals surface area (Å²) in [4.78, 5) is 47.5. The highest BCUT2D eigenvalue weighted by Gasteiger charge is 2.41. The SMILES string of the molecule is NC(=O)CNC(=O)[C@@H]1C[C@@H](OCCC(=O)O)CN1C(=O)OCc1ccccc1. The number of nitrogens with two attached hydrogens (primary N) is 1. The predicted molar refractivity (Wildman–Crippen MR) is 95.9 cm³/mol. The van der Waals surface area contributed by atoms with Crippen LogP contribution in [-0.4, -0.2) is 65.7 Å². The first-order valence-electron chi connectivity index (χ1n) is 8.73. The molecule has 1 aromatic carbocycles. The lowest BCUT2D eigenvalue weighted by atomic mass is 10.2. The van der Waals surface area contributed by atoms with Crippen LogP contribution < -0.4 is 11.1 Å². The van der Waals surface area contributed by atoms with Gasteiger partial charge in [0.25, 0.3) is 0 Å². The van der Waals surface area contributed by atoms with E-state index in [1.54, 1.807) is 12.1 Å². The highest BCUT2D eigenvalue weighted by atomic mass is 16.6. The average Bonchev–Trinajstić information content (AvgIpc) is 3.09. The largest absolute Gasteiger partial charge is 0.481 e. The molecule has 10 heteroatoms. The van der Waals surface area contributed by atoms with Crippen molar-refractivity contribution < 1.29 is 33.8 Å².